The van der Waals surface area contributed by atoms with Gasteiger partial charge in [0.1, 0.15) is 5.75 Å². The second-order valence-electron chi connectivity index (χ2n) is 7.24. The molecule has 1 aliphatic heterocycles. The Balaban J connectivity index is 2.11. The fraction of sp³-hybridized carbons (Fsp3) is 0.632. The number of likely N-dealkylation sites (tertiary alicyclic amines) is 1. The molecule has 1 aliphatic rings. The summed E-state index contributed by atoms with van der Waals surface area (Å²) < 4.78 is 6.07. The average molecular weight is 303 g/mol. The maximum atomic E-state index is 12.8. The first-order valence-electron chi connectivity index (χ1n) is 8.36. The van der Waals surface area contributed by atoms with Crippen LogP contribution in [0.3, 0.4) is 0 Å². The van der Waals surface area contributed by atoms with Gasteiger partial charge in [-0.2, -0.15) is 0 Å². The number of carbonyl (C=O) groups excluding carboxylic acids is 1. The zero-order chi connectivity index (χ0) is 16.3. The molecule has 1 amide bonds. The summed E-state index contributed by atoms with van der Waals surface area (Å²) in [5.41, 5.74) is 2.53. The molecule has 3 nitrogen and oxygen atoms in total. The van der Waals surface area contributed by atoms with E-state index in [9.17, 15) is 4.79 Å². The molecule has 1 unspecified atom stereocenters. The first-order valence-corrected chi connectivity index (χ1v) is 8.36. The number of carbonyl (C=O) groups is 1. The Labute approximate surface area is 134 Å². The van der Waals surface area contributed by atoms with Crippen LogP contribution in [0.1, 0.15) is 51.2 Å². The Bertz CT molecular complexity index is 536. The van der Waals surface area contributed by atoms with Gasteiger partial charge < -0.3 is 9.64 Å². The maximum absolute atomic E-state index is 12.8. The van der Waals surface area contributed by atoms with Crippen molar-refractivity contribution >= 4 is 5.91 Å². The molecule has 122 valence electrons. The molecule has 1 heterocycles. The van der Waals surface area contributed by atoms with Crippen LogP contribution in [0.15, 0.2) is 18.2 Å². The molecule has 0 saturated carbocycles. The standard InChI is InChI=1S/C19H29NO2/c1-6-16(22-17-10-7-9-14(2)15(17)3)18(21)20-12-8-11-19(4,5)13-20/h7,9-10,16H,6,8,11-13H2,1-5H3. The van der Waals surface area contributed by atoms with Crippen LogP contribution in [0, 0.1) is 19.3 Å². The first-order chi connectivity index (χ1) is 10.3. The predicted molar refractivity (Wildman–Crippen MR) is 90.2 cm³/mol. The van der Waals surface area contributed by atoms with E-state index >= 15 is 0 Å². The smallest absolute Gasteiger partial charge is 0.263 e. The zero-order valence-corrected chi connectivity index (χ0v) is 14.6. The van der Waals surface area contributed by atoms with E-state index in [2.05, 4.69) is 26.8 Å². The molecule has 1 saturated heterocycles. The number of hydrogen-bond acceptors (Lipinski definition) is 2. The lowest BCUT2D eigenvalue weighted by Gasteiger charge is -2.39. The summed E-state index contributed by atoms with van der Waals surface area (Å²) in [6, 6.07) is 6.01. The molecular weight excluding hydrogens is 274 g/mol. The number of amides is 1. The fourth-order valence-electron chi connectivity index (χ4n) is 3.13. The third-order valence-corrected chi connectivity index (χ3v) is 4.68. The maximum Gasteiger partial charge on any atom is 0.263 e. The number of ether oxygens (including phenoxy) is 1. The van der Waals surface area contributed by atoms with Gasteiger partial charge in [0.2, 0.25) is 0 Å². The lowest BCUT2D eigenvalue weighted by molar-refractivity contribution is -0.142. The minimum Gasteiger partial charge on any atom is -0.480 e. The number of nitrogens with zero attached hydrogens (tertiary/aromatic N) is 1. The van der Waals surface area contributed by atoms with Gasteiger partial charge in [-0.25, -0.2) is 0 Å². The van der Waals surface area contributed by atoms with Gasteiger partial charge in [-0.1, -0.05) is 32.9 Å². The summed E-state index contributed by atoms with van der Waals surface area (Å²) in [6.45, 7) is 12.3. The molecule has 0 bridgehead atoms. The summed E-state index contributed by atoms with van der Waals surface area (Å²) in [4.78, 5) is 14.8. The second-order valence-corrected chi connectivity index (χ2v) is 7.24. The van der Waals surface area contributed by atoms with Crippen LogP contribution in [-0.2, 0) is 4.79 Å². The number of benzene rings is 1. The van der Waals surface area contributed by atoms with Crippen LogP contribution in [0.2, 0.25) is 0 Å². The third kappa shape index (κ3) is 3.82. The molecule has 1 aromatic rings. The van der Waals surface area contributed by atoms with Gasteiger partial charge in [0.15, 0.2) is 6.10 Å². The summed E-state index contributed by atoms with van der Waals surface area (Å²) in [5.74, 6) is 0.965. The van der Waals surface area contributed by atoms with Gasteiger partial charge in [0.05, 0.1) is 0 Å². The van der Waals surface area contributed by atoms with E-state index < -0.39 is 0 Å². The van der Waals surface area contributed by atoms with E-state index in [1.54, 1.807) is 0 Å². The minimum atomic E-state index is -0.380. The van der Waals surface area contributed by atoms with Crippen molar-refractivity contribution in [1.29, 1.82) is 0 Å². The summed E-state index contributed by atoms with van der Waals surface area (Å²) in [6.07, 6.45) is 2.59. The fourth-order valence-corrected chi connectivity index (χ4v) is 3.13. The Morgan fingerprint density at radius 1 is 1.36 bits per heavy atom. The Morgan fingerprint density at radius 3 is 2.73 bits per heavy atom. The van der Waals surface area contributed by atoms with Gasteiger partial charge >= 0.3 is 0 Å². The summed E-state index contributed by atoms with van der Waals surface area (Å²) in [7, 11) is 0. The van der Waals surface area contributed by atoms with Crippen molar-refractivity contribution in [3.05, 3.63) is 29.3 Å². The predicted octanol–water partition coefficient (Wildman–Crippen LogP) is 4.11. The highest BCUT2D eigenvalue weighted by atomic mass is 16.5. The van der Waals surface area contributed by atoms with Crippen LogP contribution < -0.4 is 4.74 Å². The number of hydrogen-bond donors (Lipinski definition) is 0. The molecule has 22 heavy (non-hydrogen) atoms. The van der Waals surface area contributed by atoms with E-state index in [1.165, 1.54) is 12.0 Å². The van der Waals surface area contributed by atoms with Crippen LogP contribution in [0.4, 0.5) is 0 Å². The van der Waals surface area contributed by atoms with Gasteiger partial charge in [-0.05, 0) is 55.7 Å². The lowest BCUT2D eigenvalue weighted by atomic mass is 9.84. The lowest BCUT2D eigenvalue weighted by Crippen LogP contribution is -2.49. The van der Waals surface area contributed by atoms with Crippen molar-refractivity contribution in [2.75, 3.05) is 13.1 Å². The van der Waals surface area contributed by atoms with Gasteiger partial charge in [0, 0.05) is 13.1 Å². The van der Waals surface area contributed by atoms with Crippen molar-refractivity contribution in [2.24, 2.45) is 5.41 Å². The Morgan fingerprint density at radius 2 is 2.09 bits per heavy atom. The van der Waals surface area contributed by atoms with Crippen LogP contribution >= 0.6 is 0 Å². The quantitative estimate of drug-likeness (QED) is 0.837. The highest BCUT2D eigenvalue weighted by molar-refractivity contribution is 5.81. The number of aryl methyl sites for hydroxylation is 1. The summed E-state index contributed by atoms with van der Waals surface area (Å²) in [5, 5.41) is 0. The zero-order valence-electron chi connectivity index (χ0n) is 14.6. The van der Waals surface area contributed by atoms with Crippen molar-refractivity contribution < 1.29 is 9.53 Å². The van der Waals surface area contributed by atoms with Crippen LogP contribution in [0.5, 0.6) is 5.75 Å². The Hall–Kier alpha value is -1.51. The van der Waals surface area contributed by atoms with Crippen molar-refractivity contribution in [1.82, 2.24) is 4.90 Å². The molecule has 0 aliphatic carbocycles. The van der Waals surface area contributed by atoms with Gasteiger partial charge in [0.25, 0.3) is 5.91 Å². The monoisotopic (exact) mass is 303 g/mol. The molecule has 1 atom stereocenters. The van der Waals surface area contributed by atoms with Crippen LogP contribution in [0.25, 0.3) is 0 Å². The normalized spacial score (nSPS) is 18.9. The van der Waals surface area contributed by atoms with E-state index in [1.807, 2.05) is 30.9 Å². The van der Waals surface area contributed by atoms with Crippen molar-refractivity contribution in [2.45, 2.75) is 60.0 Å². The minimum absolute atomic E-state index is 0.135. The average Bonchev–Trinajstić information content (AvgIpc) is 2.47. The highest BCUT2D eigenvalue weighted by Gasteiger charge is 2.32. The number of piperidine rings is 1. The van der Waals surface area contributed by atoms with E-state index in [4.69, 9.17) is 4.74 Å². The molecule has 0 N–H and O–H groups in total. The van der Waals surface area contributed by atoms with Crippen molar-refractivity contribution in [3.8, 4) is 5.75 Å². The van der Waals surface area contributed by atoms with Gasteiger partial charge in [-0.15, -0.1) is 0 Å². The molecular formula is C19H29NO2. The van der Waals surface area contributed by atoms with E-state index in [0.717, 1.165) is 30.8 Å². The number of rotatable bonds is 4. The SMILES string of the molecule is CCC(Oc1cccc(C)c1C)C(=O)N1CCCC(C)(C)C1. The Kier molecular flexibility index (Phi) is 5.15. The largest absolute Gasteiger partial charge is 0.480 e. The molecule has 1 fully saturated rings. The van der Waals surface area contributed by atoms with Crippen LogP contribution in [-0.4, -0.2) is 30.0 Å². The first kappa shape index (κ1) is 16.9. The molecule has 1 aromatic carbocycles. The molecule has 3 heteroatoms. The molecule has 0 aromatic heterocycles. The highest BCUT2D eigenvalue weighted by Crippen LogP contribution is 2.29. The summed E-state index contributed by atoms with van der Waals surface area (Å²) >= 11 is 0. The second kappa shape index (κ2) is 6.72. The van der Waals surface area contributed by atoms with Crippen molar-refractivity contribution in [3.63, 3.8) is 0 Å². The topological polar surface area (TPSA) is 29.5 Å². The molecule has 0 radical (unpaired) electrons. The molecule has 0 spiro atoms. The van der Waals surface area contributed by atoms with Gasteiger partial charge in [-0.3, -0.25) is 4.79 Å². The van der Waals surface area contributed by atoms with E-state index in [-0.39, 0.29) is 17.4 Å². The van der Waals surface area contributed by atoms with E-state index in [0.29, 0.717) is 6.42 Å². The molecule has 2 rings (SSSR count). The third-order valence-electron chi connectivity index (χ3n) is 4.68.